The molecule has 1 amide bonds. The van der Waals surface area contributed by atoms with Crippen molar-refractivity contribution in [2.45, 2.75) is 11.8 Å². The van der Waals surface area contributed by atoms with Crippen molar-refractivity contribution in [1.82, 2.24) is 10.3 Å². The van der Waals surface area contributed by atoms with E-state index in [1.54, 1.807) is 30.3 Å². The average Bonchev–Trinajstić information content (AvgIpc) is 2.46. The van der Waals surface area contributed by atoms with Crippen molar-refractivity contribution in [3.05, 3.63) is 59.7 Å². The molecule has 0 atom stereocenters. The largest absolute Gasteiger partial charge is 0.398 e. The van der Waals surface area contributed by atoms with Crippen LogP contribution in [0.25, 0.3) is 0 Å². The van der Waals surface area contributed by atoms with Gasteiger partial charge >= 0.3 is 0 Å². The van der Waals surface area contributed by atoms with E-state index >= 15 is 0 Å². The van der Waals surface area contributed by atoms with Crippen LogP contribution in [0.15, 0.2) is 53.4 Å². The van der Waals surface area contributed by atoms with Crippen LogP contribution in [0.5, 0.6) is 0 Å². The number of carbonyl (C=O) groups excluding carboxylic acids is 1. The Bertz CT molecular complexity index is 755. The number of carbonyl (C=O) groups is 1. The minimum atomic E-state index is -3.82. The standard InChI is InChI=1S/C14H15N3O3S/c1-10-6-8-11(9-7-10)21(19,20)17-16-14(18)12-4-2-3-5-13(12)15/h2-9,17H,15H2,1H3,(H,16,18). The molecule has 0 aliphatic heterocycles. The van der Waals surface area contributed by atoms with Gasteiger partial charge in [0.1, 0.15) is 0 Å². The molecular formula is C14H15N3O3S. The molecule has 0 heterocycles. The van der Waals surface area contributed by atoms with Gasteiger partial charge in [-0.15, -0.1) is 4.83 Å². The lowest BCUT2D eigenvalue weighted by Gasteiger charge is -2.09. The minimum Gasteiger partial charge on any atom is -0.398 e. The Kier molecular flexibility index (Phi) is 4.25. The summed E-state index contributed by atoms with van der Waals surface area (Å²) in [4.78, 5) is 14.0. The fourth-order valence-corrected chi connectivity index (χ4v) is 2.50. The molecule has 2 rings (SSSR count). The summed E-state index contributed by atoms with van der Waals surface area (Å²) in [6.45, 7) is 1.85. The number of nitrogens with one attached hydrogen (secondary N) is 2. The van der Waals surface area contributed by atoms with Crippen LogP contribution in [-0.2, 0) is 10.0 Å². The van der Waals surface area contributed by atoms with Gasteiger partial charge in [0.2, 0.25) is 0 Å². The second-order valence-electron chi connectivity index (χ2n) is 4.46. The van der Waals surface area contributed by atoms with Crippen LogP contribution < -0.4 is 16.0 Å². The Hall–Kier alpha value is -2.38. The van der Waals surface area contributed by atoms with E-state index in [-0.39, 0.29) is 16.1 Å². The third-order valence-electron chi connectivity index (χ3n) is 2.84. The highest BCUT2D eigenvalue weighted by atomic mass is 32.2. The van der Waals surface area contributed by atoms with Gasteiger partial charge in [-0.25, -0.2) is 8.42 Å². The van der Waals surface area contributed by atoms with E-state index < -0.39 is 15.9 Å². The number of hydrogen-bond acceptors (Lipinski definition) is 4. The maximum atomic E-state index is 12.0. The summed E-state index contributed by atoms with van der Waals surface area (Å²) in [6.07, 6.45) is 0. The molecule has 0 fully saturated rings. The van der Waals surface area contributed by atoms with Gasteiger partial charge in [-0.05, 0) is 31.2 Å². The zero-order valence-electron chi connectivity index (χ0n) is 11.3. The summed E-state index contributed by atoms with van der Waals surface area (Å²) >= 11 is 0. The first-order valence-electron chi connectivity index (χ1n) is 6.13. The van der Waals surface area contributed by atoms with E-state index in [9.17, 15) is 13.2 Å². The number of hydrogen-bond donors (Lipinski definition) is 3. The van der Waals surface area contributed by atoms with E-state index in [2.05, 4.69) is 5.43 Å². The minimum absolute atomic E-state index is 0.0643. The molecule has 4 N–H and O–H groups in total. The quantitative estimate of drug-likeness (QED) is 0.583. The normalized spacial score (nSPS) is 11.1. The summed E-state index contributed by atoms with van der Waals surface area (Å²) in [5.74, 6) is -0.621. The first kappa shape index (κ1) is 15.0. The number of nitrogen functional groups attached to an aromatic ring is 1. The zero-order valence-corrected chi connectivity index (χ0v) is 12.1. The lowest BCUT2D eigenvalue weighted by molar-refractivity contribution is 0.0946. The van der Waals surface area contributed by atoms with E-state index in [1.165, 1.54) is 18.2 Å². The van der Waals surface area contributed by atoms with Crippen molar-refractivity contribution in [3.63, 3.8) is 0 Å². The number of amides is 1. The summed E-state index contributed by atoms with van der Waals surface area (Å²) in [5.41, 5.74) is 9.19. The molecule has 0 aliphatic carbocycles. The Balaban J connectivity index is 2.10. The zero-order chi connectivity index (χ0) is 15.5. The van der Waals surface area contributed by atoms with Gasteiger partial charge in [-0.1, -0.05) is 29.8 Å². The van der Waals surface area contributed by atoms with E-state index in [0.29, 0.717) is 0 Å². The van der Waals surface area contributed by atoms with Crippen LogP contribution in [0.1, 0.15) is 15.9 Å². The predicted octanol–water partition coefficient (Wildman–Crippen LogP) is 1.20. The molecule has 6 nitrogen and oxygen atoms in total. The third-order valence-corrected chi connectivity index (χ3v) is 4.10. The number of para-hydroxylation sites is 1. The molecule has 2 aromatic carbocycles. The van der Waals surface area contributed by atoms with E-state index in [1.807, 2.05) is 11.8 Å². The first-order chi connectivity index (χ1) is 9.90. The molecule has 0 saturated heterocycles. The van der Waals surface area contributed by atoms with Crippen molar-refractivity contribution in [2.24, 2.45) is 0 Å². The molecule has 110 valence electrons. The van der Waals surface area contributed by atoms with Crippen LogP contribution in [0, 0.1) is 6.92 Å². The first-order valence-corrected chi connectivity index (χ1v) is 7.62. The SMILES string of the molecule is Cc1ccc(S(=O)(=O)NNC(=O)c2ccccc2N)cc1. The van der Waals surface area contributed by atoms with Crippen LogP contribution in [-0.4, -0.2) is 14.3 Å². The molecule has 7 heteroatoms. The van der Waals surface area contributed by atoms with Gasteiger partial charge in [-0.3, -0.25) is 10.2 Å². The fraction of sp³-hybridized carbons (Fsp3) is 0.0714. The van der Waals surface area contributed by atoms with Gasteiger partial charge in [0.15, 0.2) is 0 Å². The molecule has 0 radical (unpaired) electrons. The number of benzene rings is 2. The number of hydrazine groups is 1. The molecule has 0 bridgehead atoms. The lowest BCUT2D eigenvalue weighted by atomic mass is 10.2. The van der Waals surface area contributed by atoms with Crippen LogP contribution in [0.4, 0.5) is 5.69 Å². The molecule has 0 spiro atoms. The van der Waals surface area contributed by atoms with E-state index in [4.69, 9.17) is 5.73 Å². The fourth-order valence-electron chi connectivity index (χ4n) is 1.66. The smallest absolute Gasteiger partial charge is 0.268 e. The highest BCUT2D eigenvalue weighted by Gasteiger charge is 2.16. The Morgan fingerprint density at radius 3 is 2.29 bits per heavy atom. The van der Waals surface area contributed by atoms with Crippen molar-refractivity contribution < 1.29 is 13.2 Å². The summed E-state index contributed by atoms with van der Waals surface area (Å²) in [6, 6.07) is 12.6. The van der Waals surface area contributed by atoms with Crippen molar-refractivity contribution in [1.29, 1.82) is 0 Å². The van der Waals surface area contributed by atoms with Crippen LogP contribution >= 0.6 is 0 Å². The molecule has 21 heavy (non-hydrogen) atoms. The van der Waals surface area contributed by atoms with Crippen LogP contribution in [0.3, 0.4) is 0 Å². The van der Waals surface area contributed by atoms with Gasteiger partial charge < -0.3 is 5.73 Å². The number of nitrogens with two attached hydrogens (primary N) is 1. The highest BCUT2D eigenvalue weighted by Crippen LogP contribution is 2.11. The maximum Gasteiger partial charge on any atom is 0.268 e. The molecule has 0 aromatic heterocycles. The topological polar surface area (TPSA) is 101 Å². The second kappa shape index (κ2) is 5.94. The van der Waals surface area contributed by atoms with Gasteiger partial charge in [0.05, 0.1) is 10.5 Å². The molecule has 0 unspecified atom stereocenters. The average molecular weight is 305 g/mol. The summed E-state index contributed by atoms with van der Waals surface area (Å²) < 4.78 is 24.0. The number of sulfonamides is 1. The van der Waals surface area contributed by atoms with Crippen LogP contribution in [0.2, 0.25) is 0 Å². The molecular weight excluding hydrogens is 290 g/mol. The third kappa shape index (κ3) is 3.59. The monoisotopic (exact) mass is 305 g/mol. The molecule has 0 aliphatic rings. The Labute approximate surface area is 123 Å². The van der Waals surface area contributed by atoms with Gasteiger partial charge in [0, 0.05) is 5.69 Å². The Morgan fingerprint density at radius 1 is 1.05 bits per heavy atom. The van der Waals surface area contributed by atoms with Crippen molar-refractivity contribution >= 4 is 21.6 Å². The number of rotatable bonds is 4. The van der Waals surface area contributed by atoms with E-state index in [0.717, 1.165) is 5.56 Å². The maximum absolute atomic E-state index is 12.0. The van der Waals surface area contributed by atoms with Gasteiger partial charge in [0.25, 0.3) is 15.9 Å². The molecule has 0 saturated carbocycles. The molecule has 2 aromatic rings. The van der Waals surface area contributed by atoms with Gasteiger partial charge in [-0.2, -0.15) is 0 Å². The summed E-state index contributed by atoms with van der Waals surface area (Å²) in [5, 5.41) is 0. The lowest BCUT2D eigenvalue weighted by Crippen LogP contribution is -2.41. The Morgan fingerprint density at radius 2 is 1.67 bits per heavy atom. The summed E-state index contributed by atoms with van der Waals surface area (Å²) in [7, 11) is -3.82. The second-order valence-corrected chi connectivity index (χ2v) is 6.14. The highest BCUT2D eigenvalue weighted by molar-refractivity contribution is 7.89. The number of aryl methyl sites for hydroxylation is 1. The number of anilines is 1. The van der Waals surface area contributed by atoms with Crippen molar-refractivity contribution in [2.75, 3.05) is 5.73 Å². The van der Waals surface area contributed by atoms with Crippen molar-refractivity contribution in [3.8, 4) is 0 Å². The predicted molar refractivity (Wildman–Crippen MR) is 79.8 cm³/mol.